The van der Waals surface area contributed by atoms with E-state index in [1.54, 1.807) is 26.0 Å². The SMILES string of the molecule is Cc1nc2cc(-c3ccc4nc(-c5cc(CS(=O)(=O)O)cc(C)c5CS(=O)(=O)O)oc4c3)ccc2o1. The summed E-state index contributed by atoms with van der Waals surface area (Å²) in [7, 11) is -8.76. The Morgan fingerprint density at radius 3 is 2.17 bits per heavy atom. The van der Waals surface area contributed by atoms with Crippen LogP contribution < -0.4 is 0 Å². The molecule has 10 nitrogen and oxygen atoms in total. The Labute approximate surface area is 206 Å². The number of rotatable bonds is 6. The quantitative estimate of drug-likeness (QED) is 0.296. The molecule has 0 fully saturated rings. The van der Waals surface area contributed by atoms with E-state index in [1.165, 1.54) is 12.1 Å². The van der Waals surface area contributed by atoms with Crippen LogP contribution in [-0.2, 0) is 31.7 Å². The molecule has 5 aromatic rings. The Kier molecular flexibility index (Phi) is 5.71. The maximum atomic E-state index is 11.7. The molecule has 0 radical (unpaired) electrons. The van der Waals surface area contributed by atoms with Gasteiger partial charge in [-0.3, -0.25) is 9.11 Å². The number of oxazole rings is 2. The first kappa shape index (κ1) is 24.1. The van der Waals surface area contributed by atoms with Gasteiger partial charge in [-0.25, -0.2) is 9.97 Å². The highest BCUT2D eigenvalue weighted by atomic mass is 32.2. The van der Waals surface area contributed by atoms with E-state index in [2.05, 4.69) is 9.97 Å². The van der Waals surface area contributed by atoms with Crippen molar-refractivity contribution >= 4 is 42.4 Å². The van der Waals surface area contributed by atoms with Crippen LogP contribution in [0.15, 0.2) is 57.4 Å². The average molecular weight is 529 g/mol. The first-order chi connectivity index (χ1) is 16.8. The molecule has 3 aromatic carbocycles. The van der Waals surface area contributed by atoms with Gasteiger partial charge in [-0.15, -0.1) is 0 Å². The molecular weight excluding hydrogens is 508 g/mol. The Balaban J connectivity index is 1.63. The number of benzene rings is 3. The van der Waals surface area contributed by atoms with E-state index in [0.29, 0.717) is 33.7 Å². The van der Waals surface area contributed by atoms with Gasteiger partial charge < -0.3 is 8.83 Å². The molecule has 12 heteroatoms. The predicted molar refractivity (Wildman–Crippen MR) is 132 cm³/mol. The molecule has 0 aliphatic carbocycles. The van der Waals surface area contributed by atoms with Gasteiger partial charge >= 0.3 is 0 Å². The lowest BCUT2D eigenvalue weighted by Gasteiger charge is -2.12. The lowest BCUT2D eigenvalue weighted by atomic mass is 10.00. The molecule has 5 rings (SSSR count). The number of fused-ring (bicyclic) bond motifs is 2. The Morgan fingerprint density at radius 2 is 1.44 bits per heavy atom. The van der Waals surface area contributed by atoms with Crippen LogP contribution in [0.1, 0.15) is 22.6 Å². The zero-order chi connectivity index (χ0) is 25.8. The molecule has 0 unspecified atom stereocenters. The largest absolute Gasteiger partial charge is 0.441 e. The smallest absolute Gasteiger partial charge is 0.269 e. The second-order valence-corrected chi connectivity index (χ2v) is 11.4. The van der Waals surface area contributed by atoms with Crippen molar-refractivity contribution in [2.24, 2.45) is 0 Å². The van der Waals surface area contributed by atoms with Crippen molar-refractivity contribution in [1.29, 1.82) is 0 Å². The van der Waals surface area contributed by atoms with Crippen molar-refractivity contribution in [1.82, 2.24) is 9.97 Å². The summed E-state index contributed by atoms with van der Waals surface area (Å²) in [5.74, 6) is -0.795. The summed E-state index contributed by atoms with van der Waals surface area (Å²) in [6.07, 6.45) is 0. The fourth-order valence-electron chi connectivity index (χ4n) is 4.19. The van der Waals surface area contributed by atoms with E-state index in [0.717, 1.165) is 11.1 Å². The van der Waals surface area contributed by atoms with Gasteiger partial charge in [0.05, 0.1) is 0 Å². The van der Waals surface area contributed by atoms with E-state index in [-0.39, 0.29) is 22.6 Å². The summed E-state index contributed by atoms with van der Waals surface area (Å²) in [6.45, 7) is 3.34. The minimum atomic E-state index is -4.42. The molecule has 0 aliphatic heterocycles. The molecule has 2 heterocycles. The van der Waals surface area contributed by atoms with Gasteiger partial charge in [0.2, 0.25) is 5.89 Å². The normalized spacial score (nSPS) is 12.6. The van der Waals surface area contributed by atoms with Crippen LogP contribution in [0.3, 0.4) is 0 Å². The summed E-state index contributed by atoms with van der Waals surface area (Å²) in [5, 5.41) is 0. The number of hydrogen-bond donors (Lipinski definition) is 2. The minimum absolute atomic E-state index is 0.0451. The minimum Gasteiger partial charge on any atom is -0.441 e. The van der Waals surface area contributed by atoms with Crippen LogP contribution >= 0.6 is 0 Å². The summed E-state index contributed by atoms with van der Waals surface area (Å²) in [4.78, 5) is 8.81. The van der Waals surface area contributed by atoms with Crippen LogP contribution in [0.25, 0.3) is 44.8 Å². The summed E-state index contributed by atoms with van der Waals surface area (Å²) in [6, 6.07) is 13.8. The van der Waals surface area contributed by atoms with E-state index in [4.69, 9.17) is 8.83 Å². The van der Waals surface area contributed by atoms with Crippen LogP contribution in [0.4, 0.5) is 0 Å². The lowest BCUT2D eigenvalue weighted by Crippen LogP contribution is -2.08. The van der Waals surface area contributed by atoms with Gasteiger partial charge in [0.25, 0.3) is 20.2 Å². The van der Waals surface area contributed by atoms with E-state index >= 15 is 0 Å². The van der Waals surface area contributed by atoms with E-state index < -0.39 is 31.7 Å². The molecule has 0 bridgehead atoms. The van der Waals surface area contributed by atoms with E-state index in [1.807, 2.05) is 24.3 Å². The van der Waals surface area contributed by atoms with Gasteiger partial charge in [-0.2, -0.15) is 16.8 Å². The second kappa shape index (κ2) is 8.52. The maximum Gasteiger partial charge on any atom is 0.269 e. The highest BCUT2D eigenvalue weighted by Gasteiger charge is 2.21. The lowest BCUT2D eigenvalue weighted by molar-refractivity contribution is 0.479. The molecule has 0 amide bonds. The molecule has 0 spiro atoms. The number of aromatic nitrogens is 2. The molecule has 186 valence electrons. The highest BCUT2D eigenvalue weighted by molar-refractivity contribution is 7.85. The predicted octanol–water partition coefficient (Wildman–Crippen LogP) is 4.70. The fraction of sp³-hybridized carbons (Fsp3) is 0.167. The van der Waals surface area contributed by atoms with Gasteiger partial charge in [0, 0.05) is 12.5 Å². The van der Waals surface area contributed by atoms with Crippen LogP contribution in [0, 0.1) is 13.8 Å². The molecule has 2 N–H and O–H groups in total. The third-order valence-corrected chi connectivity index (χ3v) is 7.01. The van der Waals surface area contributed by atoms with Crippen molar-refractivity contribution in [3.05, 3.63) is 71.1 Å². The molecule has 36 heavy (non-hydrogen) atoms. The van der Waals surface area contributed by atoms with Crippen molar-refractivity contribution < 1.29 is 34.8 Å². The van der Waals surface area contributed by atoms with Gasteiger partial charge in [-0.1, -0.05) is 18.2 Å². The Bertz CT molecular complexity index is 1870. The van der Waals surface area contributed by atoms with Crippen molar-refractivity contribution in [2.75, 3.05) is 0 Å². The average Bonchev–Trinajstić information content (AvgIpc) is 3.34. The van der Waals surface area contributed by atoms with Crippen molar-refractivity contribution in [3.63, 3.8) is 0 Å². The first-order valence-electron chi connectivity index (χ1n) is 10.7. The summed E-state index contributed by atoms with van der Waals surface area (Å²) < 4.78 is 76.5. The zero-order valence-corrected chi connectivity index (χ0v) is 20.7. The Hall–Kier alpha value is -3.58. The molecule has 2 aromatic heterocycles. The van der Waals surface area contributed by atoms with Crippen LogP contribution in [0.2, 0.25) is 0 Å². The number of nitrogens with zero attached hydrogens (tertiary/aromatic N) is 2. The van der Waals surface area contributed by atoms with Gasteiger partial charge in [0.1, 0.15) is 22.5 Å². The second-order valence-electron chi connectivity index (χ2n) is 8.51. The zero-order valence-electron chi connectivity index (χ0n) is 19.1. The molecular formula is C24H20N2O8S2. The van der Waals surface area contributed by atoms with Crippen molar-refractivity contribution in [3.8, 4) is 22.6 Å². The monoisotopic (exact) mass is 528 g/mol. The summed E-state index contributed by atoms with van der Waals surface area (Å²) in [5.41, 5.74) is 4.98. The molecule has 0 saturated heterocycles. The van der Waals surface area contributed by atoms with Gasteiger partial charge in [-0.05, 0) is 65.1 Å². The number of aryl methyl sites for hydroxylation is 2. The fourth-order valence-corrected chi connectivity index (χ4v) is 5.53. The maximum absolute atomic E-state index is 11.7. The molecule has 0 atom stereocenters. The first-order valence-corrected chi connectivity index (χ1v) is 13.9. The van der Waals surface area contributed by atoms with Crippen molar-refractivity contribution in [2.45, 2.75) is 25.4 Å². The third kappa shape index (κ3) is 5.02. The van der Waals surface area contributed by atoms with E-state index in [9.17, 15) is 25.9 Å². The Morgan fingerprint density at radius 1 is 0.750 bits per heavy atom. The summed E-state index contributed by atoms with van der Waals surface area (Å²) >= 11 is 0. The topological polar surface area (TPSA) is 161 Å². The highest BCUT2D eigenvalue weighted by Crippen LogP contribution is 2.34. The van der Waals surface area contributed by atoms with Crippen LogP contribution in [-0.4, -0.2) is 35.9 Å². The molecule has 0 saturated carbocycles. The third-order valence-electron chi connectivity index (χ3n) is 5.66. The molecule has 0 aliphatic rings. The number of hydrogen-bond acceptors (Lipinski definition) is 8. The standard InChI is InChI=1S/C24H20N2O8S2/c1-13-7-15(11-35(27,28)29)8-18(19(13)12-36(30,31)32)24-26-20-5-3-17(10-23(20)34-24)16-4-6-22-21(9-16)25-14(2)33-22/h3-10H,11-12H2,1-2H3,(H,27,28,29)(H,30,31,32). The van der Waals surface area contributed by atoms with Crippen LogP contribution in [0.5, 0.6) is 0 Å². The van der Waals surface area contributed by atoms with Gasteiger partial charge in [0.15, 0.2) is 17.1 Å².